The van der Waals surface area contributed by atoms with Gasteiger partial charge in [-0.3, -0.25) is 0 Å². The minimum Gasteiger partial charge on any atom is -0.379 e. The highest BCUT2D eigenvalue weighted by Gasteiger charge is 2.31. The zero-order valence-electron chi connectivity index (χ0n) is 10.3. The first-order chi connectivity index (χ1) is 7.56. The van der Waals surface area contributed by atoms with Crippen LogP contribution in [0.5, 0.6) is 0 Å². The lowest BCUT2D eigenvalue weighted by molar-refractivity contribution is 0.170. The van der Waals surface area contributed by atoms with Crippen LogP contribution in [-0.2, 0) is 4.74 Å². The number of nitrogens with one attached hydrogen (secondary N) is 2. The molecule has 0 saturated carbocycles. The third kappa shape index (κ3) is 4.61. The van der Waals surface area contributed by atoms with Gasteiger partial charge in [-0.15, -0.1) is 0 Å². The van der Waals surface area contributed by atoms with Gasteiger partial charge >= 0.3 is 6.03 Å². The average Bonchev–Trinajstić information content (AvgIpc) is 2.62. The van der Waals surface area contributed by atoms with Gasteiger partial charge in [-0.1, -0.05) is 6.92 Å². The van der Waals surface area contributed by atoms with E-state index in [1.807, 2.05) is 6.92 Å². The number of urea groups is 1. The molecule has 0 spiro atoms. The molecule has 2 amide bonds. The summed E-state index contributed by atoms with van der Waals surface area (Å²) in [6, 6.07) is -0.0825. The Morgan fingerprint density at radius 2 is 2.38 bits per heavy atom. The maximum Gasteiger partial charge on any atom is 0.315 e. The summed E-state index contributed by atoms with van der Waals surface area (Å²) in [5, 5.41) is 5.87. The van der Waals surface area contributed by atoms with Crippen molar-refractivity contribution in [3.63, 3.8) is 0 Å². The second kappa shape index (κ2) is 6.35. The second-order valence-electron chi connectivity index (χ2n) is 4.76. The van der Waals surface area contributed by atoms with Gasteiger partial charge in [0.1, 0.15) is 0 Å². The quantitative estimate of drug-likeness (QED) is 0.772. The van der Waals surface area contributed by atoms with E-state index < -0.39 is 0 Å². The predicted octanol–water partition coefficient (Wildman–Crippen LogP) is 1.46. The Hall–Kier alpha value is -0.420. The standard InChI is InChI=1S/C11H22N2O2S/c1-9(7-16-3)6-12-10(14)13-11(2)4-5-15-8-11/h9H,4-8H2,1-3H3,(H2,12,13,14). The lowest BCUT2D eigenvalue weighted by Gasteiger charge is -2.24. The maximum atomic E-state index is 11.6. The zero-order chi connectivity index (χ0) is 12.0. The summed E-state index contributed by atoms with van der Waals surface area (Å²) in [4.78, 5) is 11.6. The molecule has 1 aliphatic rings. The fraction of sp³-hybridized carbons (Fsp3) is 0.909. The van der Waals surface area contributed by atoms with Crippen LogP contribution >= 0.6 is 11.8 Å². The molecule has 0 aliphatic carbocycles. The smallest absolute Gasteiger partial charge is 0.315 e. The molecule has 0 aromatic heterocycles. The molecule has 1 rings (SSSR count). The van der Waals surface area contributed by atoms with Gasteiger partial charge in [0.15, 0.2) is 0 Å². The van der Waals surface area contributed by atoms with E-state index >= 15 is 0 Å². The van der Waals surface area contributed by atoms with Gasteiger partial charge in [0.2, 0.25) is 0 Å². The Morgan fingerprint density at radius 3 is 2.94 bits per heavy atom. The minimum atomic E-state index is -0.188. The molecule has 2 N–H and O–H groups in total. The summed E-state index contributed by atoms with van der Waals surface area (Å²) in [6.07, 6.45) is 2.97. The Morgan fingerprint density at radius 1 is 1.62 bits per heavy atom. The van der Waals surface area contributed by atoms with E-state index in [1.54, 1.807) is 11.8 Å². The molecule has 1 saturated heterocycles. The van der Waals surface area contributed by atoms with Crippen molar-refractivity contribution in [3.8, 4) is 0 Å². The highest BCUT2D eigenvalue weighted by atomic mass is 32.2. The Balaban J connectivity index is 2.20. The molecule has 1 heterocycles. The van der Waals surface area contributed by atoms with E-state index in [0.717, 1.165) is 25.3 Å². The normalized spacial score (nSPS) is 26.4. The van der Waals surface area contributed by atoms with Crippen molar-refractivity contribution < 1.29 is 9.53 Å². The largest absolute Gasteiger partial charge is 0.379 e. The summed E-state index contributed by atoms with van der Waals surface area (Å²) in [6.45, 7) is 6.23. The Kier molecular flexibility index (Phi) is 5.41. The van der Waals surface area contributed by atoms with Crippen molar-refractivity contribution in [3.05, 3.63) is 0 Å². The average molecular weight is 246 g/mol. The first-order valence-corrected chi connectivity index (χ1v) is 7.08. The van der Waals surface area contributed by atoms with Crippen LogP contribution in [0, 0.1) is 5.92 Å². The lowest BCUT2D eigenvalue weighted by atomic mass is 10.0. The van der Waals surface area contributed by atoms with E-state index in [2.05, 4.69) is 23.8 Å². The van der Waals surface area contributed by atoms with Crippen LogP contribution in [0.3, 0.4) is 0 Å². The van der Waals surface area contributed by atoms with E-state index in [1.165, 1.54) is 0 Å². The number of hydrogen-bond donors (Lipinski definition) is 2. The van der Waals surface area contributed by atoms with Gasteiger partial charge in [0.05, 0.1) is 12.1 Å². The molecular formula is C11H22N2O2S. The summed E-state index contributed by atoms with van der Waals surface area (Å²) >= 11 is 1.80. The van der Waals surface area contributed by atoms with Gasteiger partial charge in [-0.05, 0) is 31.3 Å². The van der Waals surface area contributed by atoms with Crippen LogP contribution in [0.15, 0.2) is 0 Å². The lowest BCUT2D eigenvalue weighted by Crippen LogP contribution is -2.51. The number of thioether (sulfide) groups is 1. The third-order valence-corrected chi connectivity index (χ3v) is 3.60. The number of amides is 2. The van der Waals surface area contributed by atoms with Crippen LogP contribution in [-0.4, -0.2) is 43.3 Å². The number of carbonyl (C=O) groups is 1. The van der Waals surface area contributed by atoms with E-state index in [9.17, 15) is 4.79 Å². The summed E-state index contributed by atoms with van der Waals surface area (Å²) in [5.41, 5.74) is -0.188. The molecule has 2 unspecified atom stereocenters. The molecule has 1 fully saturated rings. The Labute approximate surface area is 102 Å². The zero-order valence-corrected chi connectivity index (χ0v) is 11.2. The Bertz CT molecular complexity index is 230. The first-order valence-electron chi connectivity index (χ1n) is 5.68. The highest BCUT2D eigenvalue weighted by Crippen LogP contribution is 2.16. The molecule has 1 aliphatic heterocycles. The van der Waals surface area contributed by atoms with Crippen LogP contribution in [0.2, 0.25) is 0 Å². The summed E-state index contributed by atoms with van der Waals surface area (Å²) in [5.74, 6) is 1.58. The summed E-state index contributed by atoms with van der Waals surface area (Å²) < 4.78 is 5.28. The van der Waals surface area contributed by atoms with E-state index in [0.29, 0.717) is 12.5 Å². The molecule has 4 nitrogen and oxygen atoms in total. The van der Waals surface area contributed by atoms with Crippen molar-refractivity contribution in [1.82, 2.24) is 10.6 Å². The van der Waals surface area contributed by atoms with Crippen LogP contribution in [0.4, 0.5) is 4.79 Å². The predicted molar refractivity (Wildman–Crippen MR) is 67.9 cm³/mol. The molecule has 5 heteroatoms. The van der Waals surface area contributed by atoms with E-state index in [-0.39, 0.29) is 11.6 Å². The van der Waals surface area contributed by atoms with Crippen molar-refractivity contribution in [1.29, 1.82) is 0 Å². The maximum absolute atomic E-state index is 11.6. The topological polar surface area (TPSA) is 50.4 Å². The van der Waals surface area contributed by atoms with Crippen molar-refractivity contribution >= 4 is 17.8 Å². The van der Waals surface area contributed by atoms with Gasteiger partial charge in [-0.25, -0.2) is 4.79 Å². The van der Waals surface area contributed by atoms with E-state index in [4.69, 9.17) is 4.74 Å². The molecule has 2 atom stereocenters. The monoisotopic (exact) mass is 246 g/mol. The number of rotatable bonds is 5. The molecule has 0 aromatic carbocycles. The number of carbonyl (C=O) groups excluding carboxylic acids is 1. The number of hydrogen-bond acceptors (Lipinski definition) is 3. The molecule has 16 heavy (non-hydrogen) atoms. The van der Waals surface area contributed by atoms with Crippen molar-refractivity contribution in [2.45, 2.75) is 25.8 Å². The van der Waals surface area contributed by atoms with Gasteiger partial charge in [0.25, 0.3) is 0 Å². The fourth-order valence-electron chi connectivity index (χ4n) is 1.69. The van der Waals surface area contributed by atoms with Crippen LogP contribution in [0.25, 0.3) is 0 Å². The first kappa shape index (κ1) is 13.6. The van der Waals surface area contributed by atoms with Crippen molar-refractivity contribution in [2.75, 3.05) is 31.8 Å². The van der Waals surface area contributed by atoms with Gasteiger partial charge in [-0.2, -0.15) is 11.8 Å². The molecule has 0 bridgehead atoms. The molecule has 0 radical (unpaired) electrons. The molecular weight excluding hydrogens is 224 g/mol. The third-order valence-electron chi connectivity index (χ3n) is 2.70. The second-order valence-corrected chi connectivity index (χ2v) is 5.67. The van der Waals surface area contributed by atoms with Gasteiger partial charge in [0, 0.05) is 13.2 Å². The SMILES string of the molecule is CSCC(C)CNC(=O)NC1(C)CCOC1. The molecule has 0 aromatic rings. The number of ether oxygens (including phenoxy) is 1. The minimum absolute atomic E-state index is 0.0825. The van der Waals surface area contributed by atoms with Crippen LogP contribution < -0.4 is 10.6 Å². The fourth-order valence-corrected chi connectivity index (χ4v) is 2.38. The van der Waals surface area contributed by atoms with Crippen LogP contribution in [0.1, 0.15) is 20.3 Å². The summed E-state index contributed by atoms with van der Waals surface area (Å²) in [7, 11) is 0. The highest BCUT2D eigenvalue weighted by molar-refractivity contribution is 7.98. The van der Waals surface area contributed by atoms with Crippen molar-refractivity contribution in [2.24, 2.45) is 5.92 Å². The van der Waals surface area contributed by atoms with Gasteiger partial charge < -0.3 is 15.4 Å². The molecule has 94 valence electrons.